The average Bonchev–Trinajstić information content (AvgIpc) is 0.811. The molecule has 72 valence electrons. The van der Waals surface area contributed by atoms with Gasteiger partial charge in [-0.1, -0.05) is 0 Å². The summed E-state index contributed by atoms with van der Waals surface area (Å²) in [7, 11) is 0. The second-order valence-electron chi connectivity index (χ2n) is 0.283. The van der Waals surface area contributed by atoms with Crippen LogP contribution in [0.15, 0.2) is 0 Å². The molecule has 0 aliphatic carbocycles. The highest BCUT2D eigenvalue weighted by molar-refractivity contribution is 5.76. The van der Waals surface area contributed by atoms with Crippen LogP contribution in [0.2, 0.25) is 0 Å². The zero-order chi connectivity index (χ0) is 3.58. The standard InChI is InChI=1S/CH2O3.2Mg.5H2O.4H/c2-1(3)4;;;;;;;;;;;/h(H2,2,3,4);;;5*1H2;;;;. The SMILES string of the molecule is O.O.O.O.O.O=C(O)O.[MgH2].[MgH2]. The third-order valence-electron chi connectivity index (χ3n) is 0. The van der Waals surface area contributed by atoms with Gasteiger partial charge in [0, 0.05) is 0 Å². The number of rotatable bonds is 0. The van der Waals surface area contributed by atoms with Gasteiger partial charge in [0.15, 0.2) is 0 Å². The van der Waals surface area contributed by atoms with Gasteiger partial charge in [0.1, 0.15) is 0 Å². The fraction of sp³-hybridized carbons (Fsp3) is 0. The van der Waals surface area contributed by atoms with Gasteiger partial charge in [-0.3, -0.25) is 0 Å². The maximum absolute atomic E-state index is 8.56. The van der Waals surface area contributed by atoms with Crippen LogP contribution in [0.4, 0.5) is 4.79 Å². The highest BCUT2D eigenvalue weighted by Crippen LogP contribution is 1.42. The highest BCUT2D eigenvalue weighted by Gasteiger charge is 1.70. The lowest BCUT2D eigenvalue weighted by molar-refractivity contribution is 0.137. The van der Waals surface area contributed by atoms with Crippen LogP contribution in [0, 0.1) is 0 Å². The summed E-state index contributed by atoms with van der Waals surface area (Å²) in [4.78, 5) is 8.56. The summed E-state index contributed by atoms with van der Waals surface area (Å²) in [5.74, 6) is 0. The minimum atomic E-state index is -1.83. The normalized spacial score (nSPS) is 2.18. The van der Waals surface area contributed by atoms with E-state index in [1.54, 1.807) is 0 Å². The summed E-state index contributed by atoms with van der Waals surface area (Å²) < 4.78 is 0. The molecule has 0 radical (unpaired) electrons. The molecular weight excluding hydrogens is 189 g/mol. The summed E-state index contributed by atoms with van der Waals surface area (Å²) in [5.41, 5.74) is 0. The Morgan fingerprint density at radius 3 is 0.727 bits per heavy atom. The average molecular weight is 205 g/mol. The minimum absolute atomic E-state index is 0. The second kappa shape index (κ2) is 75.3. The van der Waals surface area contributed by atoms with E-state index >= 15 is 0 Å². The molecule has 10 heteroatoms. The van der Waals surface area contributed by atoms with E-state index in [4.69, 9.17) is 15.0 Å². The molecule has 0 amide bonds. The van der Waals surface area contributed by atoms with E-state index in [0.717, 1.165) is 0 Å². The zero-order valence-electron chi connectivity index (χ0n) is 4.30. The Balaban J connectivity index is -0.00000000214. The molecule has 0 spiro atoms. The Morgan fingerprint density at radius 1 is 0.727 bits per heavy atom. The van der Waals surface area contributed by atoms with Gasteiger partial charge in [-0.15, -0.1) is 0 Å². The summed E-state index contributed by atoms with van der Waals surface area (Å²) >= 11 is 0. The van der Waals surface area contributed by atoms with Gasteiger partial charge in [-0.05, 0) is 0 Å². The predicted octanol–water partition coefficient (Wildman–Crippen LogP) is -5.73. The fourth-order valence-corrected chi connectivity index (χ4v) is 0. The molecule has 12 N–H and O–H groups in total. The molecule has 0 bridgehead atoms. The van der Waals surface area contributed by atoms with Crippen molar-refractivity contribution in [1.29, 1.82) is 0 Å². The topological polar surface area (TPSA) is 215 Å². The first-order valence-corrected chi connectivity index (χ1v) is 0.651. The van der Waals surface area contributed by atoms with Gasteiger partial charge in [0.2, 0.25) is 0 Å². The maximum atomic E-state index is 8.56. The molecule has 0 aromatic rings. The molecular formula is CH16Mg2O8. The number of hydrogen-bond donors (Lipinski definition) is 2. The van der Waals surface area contributed by atoms with Gasteiger partial charge >= 0.3 is 52.3 Å². The van der Waals surface area contributed by atoms with Crippen LogP contribution < -0.4 is 0 Å². The monoisotopic (exact) mass is 204 g/mol. The number of carbonyl (C=O) groups is 1. The van der Waals surface area contributed by atoms with Crippen molar-refractivity contribution < 1.29 is 42.4 Å². The van der Waals surface area contributed by atoms with E-state index in [0.29, 0.717) is 0 Å². The first kappa shape index (κ1) is 100. The Kier molecular flexibility index (Phi) is 688. The molecule has 0 fully saturated rings. The van der Waals surface area contributed by atoms with Gasteiger partial charge < -0.3 is 37.6 Å². The highest BCUT2D eigenvalue weighted by atomic mass is 24.3. The molecule has 0 aliphatic rings. The van der Waals surface area contributed by atoms with Crippen molar-refractivity contribution in [3.05, 3.63) is 0 Å². The molecule has 0 unspecified atom stereocenters. The Hall–Kier alpha value is 0.602. The molecule has 0 saturated carbocycles. The molecule has 0 aromatic heterocycles. The third kappa shape index (κ3) is 2160. The zero-order valence-corrected chi connectivity index (χ0v) is 4.30. The van der Waals surface area contributed by atoms with Crippen LogP contribution in [-0.2, 0) is 0 Å². The lowest BCUT2D eigenvalue weighted by Crippen LogP contribution is -1.81. The molecule has 0 aliphatic heterocycles. The summed E-state index contributed by atoms with van der Waals surface area (Å²) in [6, 6.07) is 0. The molecule has 0 heterocycles. The summed E-state index contributed by atoms with van der Waals surface area (Å²) in [6.07, 6.45) is -1.83. The van der Waals surface area contributed by atoms with Crippen molar-refractivity contribution in [2.45, 2.75) is 0 Å². The van der Waals surface area contributed by atoms with Crippen LogP contribution in [0.1, 0.15) is 0 Å². The molecule has 0 saturated heterocycles. The molecule has 0 rings (SSSR count). The Labute approximate surface area is 94.4 Å². The van der Waals surface area contributed by atoms with Gasteiger partial charge in [-0.25, -0.2) is 4.79 Å². The lowest BCUT2D eigenvalue weighted by atomic mass is 11.5. The van der Waals surface area contributed by atoms with Crippen molar-refractivity contribution in [2.24, 2.45) is 0 Å². The van der Waals surface area contributed by atoms with Crippen LogP contribution in [0.5, 0.6) is 0 Å². The molecule has 8 nitrogen and oxygen atoms in total. The molecule has 11 heavy (non-hydrogen) atoms. The smallest absolute Gasteiger partial charge is 0.450 e. The summed E-state index contributed by atoms with van der Waals surface area (Å²) in [5, 5.41) is 13.9. The van der Waals surface area contributed by atoms with E-state index in [9.17, 15) is 0 Å². The van der Waals surface area contributed by atoms with Gasteiger partial charge in [0.05, 0.1) is 0 Å². The van der Waals surface area contributed by atoms with Crippen LogP contribution in [-0.4, -0.2) is 89.9 Å². The largest absolute Gasteiger partial charge is 0.503 e. The van der Waals surface area contributed by atoms with Crippen molar-refractivity contribution in [1.82, 2.24) is 0 Å². The first-order valence-electron chi connectivity index (χ1n) is 0.651. The fourth-order valence-electron chi connectivity index (χ4n) is 0. The number of carboxylic acid groups (broad SMARTS) is 2. The third-order valence-corrected chi connectivity index (χ3v) is 0. The van der Waals surface area contributed by atoms with Crippen molar-refractivity contribution in [3.63, 3.8) is 0 Å². The number of hydrogen-bond acceptors (Lipinski definition) is 1. The van der Waals surface area contributed by atoms with Crippen LogP contribution in [0.25, 0.3) is 0 Å². The lowest BCUT2D eigenvalue weighted by Gasteiger charge is -1.60. The van der Waals surface area contributed by atoms with Crippen LogP contribution >= 0.6 is 0 Å². The first-order chi connectivity index (χ1) is 1.73. The molecule has 0 aromatic carbocycles. The minimum Gasteiger partial charge on any atom is -0.450 e. The Morgan fingerprint density at radius 2 is 0.727 bits per heavy atom. The molecule has 0 atom stereocenters. The Bertz CT molecular complexity index is 35.1. The van der Waals surface area contributed by atoms with E-state index in [2.05, 4.69) is 0 Å². The maximum Gasteiger partial charge on any atom is 0.503 e. The second-order valence-corrected chi connectivity index (χ2v) is 0.283. The van der Waals surface area contributed by atoms with Gasteiger partial charge in [0.25, 0.3) is 0 Å². The van der Waals surface area contributed by atoms with Crippen molar-refractivity contribution in [2.75, 3.05) is 0 Å². The quantitative estimate of drug-likeness (QED) is 0.369. The van der Waals surface area contributed by atoms with Crippen molar-refractivity contribution >= 4 is 52.3 Å². The van der Waals surface area contributed by atoms with Crippen molar-refractivity contribution in [3.8, 4) is 0 Å². The van der Waals surface area contributed by atoms with E-state index in [1.165, 1.54) is 0 Å². The predicted molar refractivity (Wildman–Crippen MR) is 45.8 cm³/mol. The van der Waals surface area contributed by atoms with E-state index in [-0.39, 0.29) is 73.5 Å². The van der Waals surface area contributed by atoms with Gasteiger partial charge in [-0.2, -0.15) is 0 Å². The summed E-state index contributed by atoms with van der Waals surface area (Å²) in [6.45, 7) is 0. The van der Waals surface area contributed by atoms with E-state index < -0.39 is 6.16 Å². The van der Waals surface area contributed by atoms with Crippen LogP contribution in [0.3, 0.4) is 0 Å². The van der Waals surface area contributed by atoms with E-state index in [1.807, 2.05) is 0 Å².